The Kier molecular flexibility index (Phi) is 3.79. The lowest BCUT2D eigenvalue weighted by molar-refractivity contribution is -0.0112. The molecule has 2 heterocycles. The molecule has 5 heteroatoms. The lowest BCUT2D eigenvalue weighted by Gasteiger charge is -2.22. The van der Waals surface area contributed by atoms with Crippen LogP contribution < -0.4 is 4.74 Å². The molecule has 1 aliphatic rings. The third kappa shape index (κ3) is 2.74. The summed E-state index contributed by atoms with van der Waals surface area (Å²) in [5, 5.41) is 10.6. The molecule has 1 aromatic rings. The van der Waals surface area contributed by atoms with Crippen LogP contribution in [-0.4, -0.2) is 30.4 Å². The third-order valence-electron chi connectivity index (χ3n) is 2.52. The molecule has 1 saturated heterocycles. The highest BCUT2D eigenvalue weighted by molar-refractivity contribution is 7.12. The van der Waals surface area contributed by atoms with Gasteiger partial charge in [-0.1, -0.05) is 0 Å². The van der Waals surface area contributed by atoms with Gasteiger partial charge in [0.25, 0.3) is 0 Å². The molecule has 1 aromatic heterocycles. The minimum atomic E-state index is -0.936. The molecule has 0 saturated carbocycles. The van der Waals surface area contributed by atoms with Crippen LogP contribution in [-0.2, 0) is 4.74 Å². The molecule has 0 radical (unpaired) electrons. The van der Waals surface area contributed by atoms with Crippen LogP contribution in [0.15, 0.2) is 11.4 Å². The highest BCUT2D eigenvalue weighted by atomic mass is 32.1. The van der Waals surface area contributed by atoms with E-state index in [0.29, 0.717) is 12.4 Å². The zero-order valence-corrected chi connectivity index (χ0v) is 9.66. The molecule has 2 rings (SSSR count). The van der Waals surface area contributed by atoms with Gasteiger partial charge < -0.3 is 14.6 Å². The van der Waals surface area contributed by atoms with Gasteiger partial charge in [-0.05, 0) is 30.7 Å². The van der Waals surface area contributed by atoms with Gasteiger partial charge in [0.15, 0.2) is 4.88 Å². The fourth-order valence-electron chi connectivity index (χ4n) is 1.69. The molecule has 88 valence electrons. The van der Waals surface area contributed by atoms with Crippen molar-refractivity contribution in [2.24, 2.45) is 0 Å². The smallest absolute Gasteiger partial charge is 0.349 e. The van der Waals surface area contributed by atoms with Crippen LogP contribution in [0.2, 0.25) is 0 Å². The lowest BCUT2D eigenvalue weighted by Crippen LogP contribution is -2.25. The Morgan fingerprint density at radius 2 is 2.50 bits per heavy atom. The molecule has 1 N–H and O–H groups in total. The van der Waals surface area contributed by atoms with Gasteiger partial charge in [-0.3, -0.25) is 0 Å². The molecule has 1 aliphatic heterocycles. The Hall–Kier alpha value is -1.07. The predicted molar refractivity (Wildman–Crippen MR) is 60.4 cm³/mol. The van der Waals surface area contributed by atoms with Crippen LogP contribution in [0.3, 0.4) is 0 Å². The van der Waals surface area contributed by atoms with Gasteiger partial charge in [-0.2, -0.15) is 0 Å². The Balaban J connectivity index is 1.88. The Morgan fingerprint density at radius 3 is 3.19 bits per heavy atom. The van der Waals surface area contributed by atoms with Gasteiger partial charge in [-0.15, -0.1) is 11.3 Å². The van der Waals surface area contributed by atoms with Gasteiger partial charge in [0.2, 0.25) is 0 Å². The van der Waals surface area contributed by atoms with Crippen molar-refractivity contribution < 1.29 is 19.4 Å². The summed E-state index contributed by atoms with van der Waals surface area (Å²) in [6, 6.07) is 1.69. The fraction of sp³-hybridized carbons (Fsp3) is 0.545. The van der Waals surface area contributed by atoms with Crippen molar-refractivity contribution in [2.75, 3.05) is 13.2 Å². The maximum Gasteiger partial charge on any atom is 0.349 e. The molecule has 16 heavy (non-hydrogen) atoms. The number of ether oxygens (including phenoxy) is 2. The average molecular weight is 242 g/mol. The number of carboxylic acids is 1. The summed E-state index contributed by atoms with van der Waals surface area (Å²) in [7, 11) is 0. The molecular weight excluding hydrogens is 228 g/mol. The van der Waals surface area contributed by atoms with Crippen LogP contribution in [0.4, 0.5) is 0 Å². The highest BCUT2D eigenvalue weighted by Crippen LogP contribution is 2.25. The van der Waals surface area contributed by atoms with Crippen molar-refractivity contribution in [2.45, 2.75) is 25.4 Å². The van der Waals surface area contributed by atoms with Crippen LogP contribution >= 0.6 is 11.3 Å². The second-order valence-electron chi connectivity index (χ2n) is 3.72. The SMILES string of the molecule is O=C(O)c1sccc1OCC1CCCCO1. The first-order valence-corrected chi connectivity index (χ1v) is 6.20. The fourth-order valence-corrected chi connectivity index (χ4v) is 2.36. The first-order valence-electron chi connectivity index (χ1n) is 5.32. The number of hydrogen-bond donors (Lipinski definition) is 1. The van der Waals surface area contributed by atoms with E-state index in [1.807, 2.05) is 0 Å². The molecule has 0 aromatic carbocycles. The van der Waals surface area contributed by atoms with Crippen LogP contribution in [0, 0.1) is 0 Å². The average Bonchev–Trinajstić information content (AvgIpc) is 2.76. The number of carboxylic acid groups (broad SMARTS) is 1. The van der Waals surface area contributed by atoms with Gasteiger partial charge >= 0.3 is 5.97 Å². The Morgan fingerprint density at radius 1 is 1.62 bits per heavy atom. The first kappa shape index (κ1) is 11.4. The maximum absolute atomic E-state index is 10.8. The molecule has 4 nitrogen and oxygen atoms in total. The number of aromatic carboxylic acids is 1. The normalized spacial score (nSPS) is 20.6. The quantitative estimate of drug-likeness (QED) is 0.880. The highest BCUT2D eigenvalue weighted by Gasteiger charge is 2.17. The molecule has 1 unspecified atom stereocenters. The third-order valence-corrected chi connectivity index (χ3v) is 3.41. The van der Waals surface area contributed by atoms with E-state index < -0.39 is 5.97 Å². The van der Waals surface area contributed by atoms with Crippen molar-refractivity contribution in [1.29, 1.82) is 0 Å². The Bertz CT molecular complexity index is 355. The van der Waals surface area contributed by atoms with E-state index in [0.717, 1.165) is 25.9 Å². The first-order chi connectivity index (χ1) is 7.77. The maximum atomic E-state index is 10.8. The van der Waals surface area contributed by atoms with Gasteiger partial charge in [0.1, 0.15) is 12.4 Å². The summed E-state index contributed by atoms with van der Waals surface area (Å²) in [5.41, 5.74) is 0. The molecule has 1 atom stereocenters. The van der Waals surface area contributed by atoms with Crippen molar-refractivity contribution in [1.82, 2.24) is 0 Å². The molecular formula is C11H14O4S. The van der Waals surface area contributed by atoms with E-state index in [1.165, 1.54) is 11.3 Å². The predicted octanol–water partition coefficient (Wildman–Crippen LogP) is 2.39. The lowest BCUT2D eigenvalue weighted by atomic mass is 10.1. The second-order valence-corrected chi connectivity index (χ2v) is 4.63. The largest absolute Gasteiger partial charge is 0.489 e. The van der Waals surface area contributed by atoms with E-state index in [4.69, 9.17) is 14.6 Å². The van der Waals surface area contributed by atoms with E-state index in [9.17, 15) is 4.79 Å². The Labute approximate surface area is 97.8 Å². The standard InChI is InChI=1S/C11H14O4S/c12-11(13)10-9(4-6-16-10)15-7-8-3-1-2-5-14-8/h4,6,8H,1-3,5,7H2,(H,12,13). The van der Waals surface area contributed by atoms with Crippen LogP contribution in [0.1, 0.15) is 28.9 Å². The molecule has 0 bridgehead atoms. The molecule has 0 amide bonds. The number of carbonyl (C=O) groups is 1. The van der Waals surface area contributed by atoms with Crippen molar-refractivity contribution >= 4 is 17.3 Å². The van der Waals surface area contributed by atoms with Gasteiger partial charge in [-0.25, -0.2) is 4.79 Å². The van der Waals surface area contributed by atoms with E-state index >= 15 is 0 Å². The number of rotatable bonds is 4. The summed E-state index contributed by atoms with van der Waals surface area (Å²) in [5.74, 6) is -0.485. The molecule has 1 fully saturated rings. The van der Waals surface area contributed by atoms with Gasteiger partial charge in [0, 0.05) is 6.61 Å². The van der Waals surface area contributed by atoms with E-state index in [1.54, 1.807) is 11.4 Å². The number of hydrogen-bond acceptors (Lipinski definition) is 4. The molecule has 0 spiro atoms. The van der Waals surface area contributed by atoms with E-state index in [-0.39, 0.29) is 11.0 Å². The van der Waals surface area contributed by atoms with Crippen LogP contribution in [0.25, 0.3) is 0 Å². The summed E-state index contributed by atoms with van der Waals surface area (Å²) < 4.78 is 11.0. The summed E-state index contributed by atoms with van der Waals surface area (Å²) >= 11 is 1.18. The zero-order chi connectivity index (χ0) is 11.4. The minimum Gasteiger partial charge on any atom is -0.489 e. The monoisotopic (exact) mass is 242 g/mol. The zero-order valence-electron chi connectivity index (χ0n) is 8.85. The van der Waals surface area contributed by atoms with Gasteiger partial charge in [0.05, 0.1) is 6.10 Å². The van der Waals surface area contributed by atoms with Crippen molar-refractivity contribution in [3.05, 3.63) is 16.3 Å². The van der Waals surface area contributed by atoms with Crippen molar-refractivity contribution in [3.8, 4) is 5.75 Å². The molecule has 0 aliphatic carbocycles. The number of thiophene rings is 1. The summed E-state index contributed by atoms with van der Waals surface area (Å²) in [4.78, 5) is 11.1. The topological polar surface area (TPSA) is 55.8 Å². The van der Waals surface area contributed by atoms with E-state index in [2.05, 4.69) is 0 Å². The minimum absolute atomic E-state index is 0.107. The summed E-state index contributed by atoms with van der Waals surface area (Å²) in [6.45, 7) is 1.22. The second kappa shape index (κ2) is 5.32. The van der Waals surface area contributed by atoms with Crippen LogP contribution in [0.5, 0.6) is 5.75 Å². The van der Waals surface area contributed by atoms with Crippen molar-refractivity contribution in [3.63, 3.8) is 0 Å². The summed E-state index contributed by atoms with van der Waals surface area (Å²) in [6.07, 6.45) is 3.36.